The van der Waals surface area contributed by atoms with E-state index in [2.05, 4.69) is 25.5 Å². The minimum absolute atomic E-state index is 0.176. The summed E-state index contributed by atoms with van der Waals surface area (Å²) < 4.78 is 1.64. The molecule has 21 heavy (non-hydrogen) atoms. The summed E-state index contributed by atoms with van der Waals surface area (Å²) in [7, 11) is 1.84. The van der Waals surface area contributed by atoms with E-state index in [0.717, 1.165) is 35.9 Å². The smallest absolute Gasteiger partial charge is 0.343 e. The van der Waals surface area contributed by atoms with Gasteiger partial charge < -0.3 is 5.32 Å². The van der Waals surface area contributed by atoms with Gasteiger partial charge in [-0.1, -0.05) is 6.92 Å². The van der Waals surface area contributed by atoms with E-state index in [1.807, 2.05) is 20.0 Å². The van der Waals surface area contributed by atoms with Crippen LogP contribution in [-0.4, -0.2) is 31.8 Å². The molecule has 2 heterocycles. The standard InChI is InChI=1S/C13H18N6OS/c1-3-6-19-12(20)17-18-13(19)21-10-7-9(14-2)15-11(16-10)8-4-5-8/h7-8H,3-6H2,1-2H3,(H,17,20)(H,14,15,16). The Labute approximate surface area is 126 Å². The minimum atomic E-state index is -0.176. The molecule has 3 rings (SSSR count). The first-order valence-electron chi connectivity index (χ1n) is 7.11. The maximum atomic E-state index is 11.7. The highest BCUT2D eigenvalue weighted by Gasteiger charge is 2.27. The Balaban J connectivity index is 1.90. The lowest BCUT2D eigenvalue weighted by molar-refractivity contribution is 0.603. The first kappa shape index (κ1) is 14.1. The Bertz CT molecular complexity index is 690. The summed E-state index contributed by atoms with van der Waals surface area (Å²) in [6, 6.07) is 1.88. The van der Waals surface area contributed by atoms with Crippen molar-refractivity contribution in [2.24, 2.45) is 0 Å². The van der Waals surface area contributed by atoms with Gasteiger partial charge in [-0.15, -0.1) is 5.10 Å². The molecule has 0 aliphatic heterocycles. The molecule has 112 valence electrons. The molecular weight excluding hydrogens is 288 g/mol. The molecule has 1 fully saturated rings. The summed E-state index contributed by atoms with van der Waals surface area (Å²) in [5, 5.41) is 11.1. The Morgan fingerprint density at radius 3 is 2.95 bits per heavy atom. The molecule has 0 unspecified atom stereocenters. The molecule has 0 radical (unpaired) electrons. The van der Waals surface area contributed by atoms with Crippen LogP contribution in [0.1, 0.15) is 37.9 Å². The predicted molar refractivity (Wildman–Crippen MR) is 80.8 cm³/mol. The number of aromatic amines is 1. The third-order valence-electron chi connectivity index (χ3n) is 3.28. The molecule has 0 amide bonds. The van der Waals surface area contributed by atoms with E-state index < -0.39 is 0 Å². The average Bonchev–Trinajstić information content (AvgIpc) is 3.28. The number of nitrogens with zero attached hydrogens (tertiary/aromatic N) is 4. The van der Waals surface area contributed by atoms with Gasteiger partial charge >= 0.3 is 5.69 Å². The van der Waals surface area contributed by atoms with Crippen LogP contribution in [0.2, 0.25) is 0 Å². The maximum Gasteiger partial charge on any atom is 0.343 e. The lowest BCUT2D eigenvalue weighted by Gasteiger charge is -2.07. The summed E-state index contributed by atoms with van der Waals surface area (Å²) >= 11 is 1.39. The number of hydrogen-bond donors (Lipinski definition) is 2. The van der Waals surface area contributed by atoms with Gasteiger partial charge in [0.25, 0.3) is 0 Å². The van der Waals surface area contributed by atoms with Crippen molar-refractivity contribution in [3.05, 3.63) is 22.4 Å². The quantitative estimate of drug-likeness (QED) is 0.792. The zero-order chi connectivity index (χ0) is 14.8. The predicted octanol–water partition coefficient (Wildman–Crippen LogP) is 1.84. The second-order valence-electron chi connectivity index (χ2n) is 5.04. The van der Waals surface area contributed by atoms with Gasteiger partial charge in [0.05, 0.1) is 0 Å². The van der Waals surface area contributed by atoms with Gasteiger partial charge in [-0.25, -0.2) is 19.9 Å². The Morgan fingerprint density at radius 2 is 2.29 bits per heavy atom. The zero-order valence-corrected chi connectivity index (χ0v) is 12.9. The van der Waals surface area contributed by atoms with Gasteiger partial charge in [0, 0.05) is 25.6 Å². The summed E-state index contributed by atoms with van der Waals surface area (Å²) in [6.45, 7) is 2.68. The normalized spacial score (nSPS) is 14.4. The van der Waals surface area contributed by atoms with Crippen LogP contribution in [0.4, 0.5) is 5.82 Å². The zero-order valence-electron chi connectivity index (χ0n) is 12.1. The molecule has 0 saturated heterocycles. The van der Waals surface area contributed by atoms with Gasteiger partial charge in [-0.2, -0.15) is 0 Å². The van der Waals surface area contributed by atoms with Crippen LogP contribution in [-0.2, 0) is 6.54 Å². The monoisotopic (exact) mass is 306 g/mol. The number of rotatable bonds is 6. The lowest BCUT2D eigenvalue weighted by Crippen LogP contribution is -2.17. The molecule has 0 aromatic carbocycles. The van der Waals surface area contributed by atoms with E-state index in [4.69, 9.17) is 0 Å². The molecule has 1 aliphatic carbocycles. The lowest BCUT2D eigenvalue weighted by atomic mass is 10.4. The molecule has 7 nitrogen and oxygen atoms in total. The molecule has 1 aliphatic rings. The molecule has 0 spiro atoms. The molecule has 2 aromatic heterocycles. The van der Waals surface area contributed by atoms with Crippen LogP contribution < -0.4 is 11.0 Å². The number of aromatic nitrogens is 5. The number of nitrogens with one attached hydrogen (secondary N) is 2. The van der Waals surface area contributed by atoms with Gasteiger partial charge in [-0.3, -0.25) is 4.57 Å². The van der Waals surface area contributed by atoms with E-state index >= 15 is 0 Å². The van der Waals surface area contributed by atoms with Crippen molar-refractivity contribution in [1.82, 2.24) is 24.7 Å². The topological polar surface area (TPSA) is 88.5 Å². The fourth-order valence-electron chi connectivity index (χ4n) is 2.04. The SMILES string of the molecule is CCCn1c(Sc2cc(NC)nc(C3CC3)n2)n[nH]c1=O. The third-order valence-corrected chi connectivity index (χ3v) is 4.20. The van der Waals surface area contributed by atoms with Crippen molar-refractivity contribution in [2.45, 2.75) is 48.8 Å². The highest BCUT2D eigenvalue weighted by atomic mass is 32.2. The highest BCUT2D eigenvalue weighted by molar-refractivity contribution is 7.99. The second kappa shape index (κ2) is 5.88. The highest BCUT2D eigenvalue weighted by Crippen LogP contribution is 2.39. The fourth-order valence-corrected chi connectivity index (χ4v) is 2.92. The second-order valence-corrected chi connectivity index (χ2v) is 6.03. The van der Waals surface area contributed by atoms with E-state index in [0.29, 0.717) is 17.6 Å². The van der Waals surface area contributed by atoms with Gasteiger partial charge in [-0.05, 0) is 31.0 Å². The summed E-state index contributed by atoms with van der Waals surface area (Å²) in [4.78, 5) is 20.8. The average molecular weight is 306 g/mol. The van der Waals surface area contributed by atoms with Crippen LogP contribution in [0, 0.1) is 0 Å². The summed E-state index contributed by atoms with van der Waals surface area (Å²) in [5.41, 5.74) is -0.176. The van der Waals surface area contributed by atoms with E-state index in [9.17, 15) is 4.79 Å². The van der Waals surface area contributed by atoms with Crippen LogP contribution in [0.3, 0.4) is 0 Å². The minimum Gasteiger partial charge on any atom is -0.373 e. The Morgan fingerprint density at radius 1 is 1.48 bits per heavy atom. The number of H-pyrrole nitrogens is 1. The molecule has 0 atom stereocenters. The van der Waals surface area contributed by atoms with E-state index in [1.165, 1.54) is 11.8 Å². The summed E-state index contributed by atoms with van der Waals surface area (Å²) in [6.07, 6.45) is 3.19. The van der Waals surface area contributed by atoms with Crippen molar-refractivity contribution in [1.29, 1.82) is 0 Å². The van der Waals surface area contributed by atoms with Crippen molar-refractivity contribution in [2.75, 3.05) is 12.4 Å². The van der Waals surface area contributed by atoms with Crippen molar-refractivity contribution >= 4 is 17.6 Å². The largest absolute Gasteiger partial charge is 0.373 e. The molecule has 2 N–H and O–H groups in total. The van der Waals surface area contributed by atoms with Crippen LogP contribution >= 0.6 is 11.8 Å². The first-order chi connectivity index (χ1) is 10.2. The van der Waals surface area contributed by atoms with Crippen molar-refractivity contribution in [3.8, 4) is 0 Å². The maximum absolute atomic E-state index is 11.7. The van der Waals surface area contributed by atoms with Gasteiger partial charge in [0.15, 0.2) is 5.16 Å². The van der Waals surface area contributed by atoms with Gasteiger partial charge in [0.1, 0.15) is 16.7 Å². The van der Waals surface area contributed by atoms with Gasteiger partial charge in [0.2, 0.25) is 0 Å². The molecule has 0 bridgehead atoms. The summed E-state index contributed by atoms with van der Waals surface area (Å²) in [5.74, 6) is 2.16. The Hall–Kier alpha value is -1.83. The molecular formula is C13H18N6OS. The fraction of sp³-hybridized carbons (Fsp3) is 0.538. The van der Waals surface area contributed by atoms with E-state index in [-0.39, 0.29) is 5.69 Å². The van der Waals surface area contributed by atoms with Crippen molar-refractivity contribution in [3.63, 3.8) is 0 Å². The van der Waals surface area contributed by atoms with Crippen LogP contribution in [0.15, 0.2) is 21.0 Å². The molecule has 1 saturated carbocycles. The number of hydrogen-bond acceptors (Lipinski definition) is 6. The number of anilines is 1. The van der Waals surface area contributed by atoms with Crippen LogP contribution in [0.5, 0.6) is 0 Å². The van der Waals surface area contributed by atoms with Crippen LogP contribution in [0.25, 0.3) is 0 Å². The molecule has 8 heteroatoms. The molecule has 2 aromatic rings. The third kappa shape index (κ3) is 3.10. The van der Waals surface area contributed by atoms with E-state index in [1.54, 1.807) is 4.57 Å². The first-order valence-corrected chi connectivity index (χ1v) is 7.92. The van der Waals surface area contributed by atoms with Crippen molar-refractivity contribution < 1.29 is 0 Å². The Kier molecular flexibility index (Phi) is 3.96.